The van der Waals surface area contributed by atoms with Crippen LogP contribution in [-0.4, -0.2) is 19.0 Å². The third-order valence-corrected chi connectivity index (χ3v) is 6.15. The van der Waals surface area contributed by atoms with Gasteiger partial charge in [0.05, 0.1) is 0 Å². The van der Waals surface area contributed by atoms with E-state index in [0.717, 1.165) is 43.8 Å². The zero-order valence-electron chi connectivity index (χ0n) is 11.2. The smallest absolute Gasteiger partial charge is 0.142 e. The van der Waals surface area contributed by atoms with Gasteiger partial charge in [0.1, 0.15) is 5.78 Å². The van der Waals surface area contributed by atoms with Gasteiger partial charge in [0, 0.05) is 24.5 Å². The molecule has 0 aromatic heterocycles. The van der Waals surface area contributed by atoms with E-state index in [-0.39, 0.29) is 5.41 Å². The number of rotatable bonds is 2. The van der Waals surface area contributed by atoms with Crippen LogP contribution in [0.15, 0.2) is 0 Å². The van der Waals surface area contributed by atoms with Crippen LogP contribution in [0.2, 0.25) is 0 Å². The third-order valence-electron chi connectivity index (χ3n) is 6.15. The van der Waals surface area contributed by atoms with Crippen LogP contribution in [0.5, 0.6) is 0 Å². The molecule has 4 bridgehead atoms. The predicted octanol–water partition coefficient (Wildman–Crippen LogP) is 3.20. The highest BCUT2D eigenvalue weighted by Crippen LogP contribution is 2.61. The molecule has 0 aromatic rings. The summed E-state index contributed by atoms with van der Waals surface area (Å²) in [4.78, 5) is 13.0. The van der Waals surface area contributed by atoms with Gasteiger partial charge in [-0.25, -0.2) is 0 Å². The topological polar surface area (TPSA) is 26.3 Å². The van der Waals surface area contributed by atoms with E-state index in [9.17, 15) is 4.79 Å². The lowest BCUT2D eigenvalue weighted by molar-refractivity contribution is -0.151. The molecule has 18 heavy (non-hydrogen) atoms. The molecule has 100 valence electrons. The van der Waals surface area contributed by atoms with Crippen LogP contribution in [-0.2, 0) is 9.53 Å². The van der Waals surface area contributed by atoms with Crippen molar-refractivity contribution in [2.45, 2.75) is 51.4 Å². The second-order valence-electron chi connectivity index (χ2n) is 7.45. The molecule has 0 amide bonds. The summed E-state index contributed by atoms with van der Waals surface area (Å²) in [6, 6.07) is 0. The molecule has 5 aliphatic rings. The van der Waals surface area contributed by atoms with Crippen LogP contribution in [0, 0.1) is 29.1 Å². The molecule has 0 radical (unpaired) electrons. The van der Waals surface area contributed by atoms with Crippen LogP contribution in [0.25, 0.3) is 0 Å². The SMILES string of the molecule is O=C(C1CCOCC1)C12CC3CC(CC(C3)C1)C2. The van der Waals surface area contributed by atoms with Gasteiger partial charge in [0.2, 0.25) is 0 Å². The molecule has 1 aliphatic heterocycles. The molecular weight excluding hydrogens is 224 g/mol. The van der Waals surface area contributed by atoms with E-state index < -0.39 is 0 Å². The van der Waals surface area contributed by atoms with Gasteiger partial charge in [-0.05, 0) is 69.1 Å². The first-order chi connectivity index (χ1) is 8.75. The minimum atomic E-state index is 0.122. The van der Waals surface area contributed by atoms with E-state index in [1.165, 1.54) is 38.5 Å². The number of carbonyl (C=O) groups excluding carboxylic acids is 1. The Morgan fingerprint density at radius 1 is 0.889 bits per heavy atom. The van der Waals surface area contributed by atoms with Crippen molar-refractivity contribution in [3.05, 3.63) is 0 Å². The average molecular weight is 248 g/mol. The Bertz CT molecular complexity index is 319. The second-order valence-corrected chi connectivity index (χ2v) is 7.45. The molecule has 0 atom stereocenters. The zero-order valence-corrected chi connectivity index (χ0v) is 11.2. The fourth-order valence-electron chi connectivity index (χ4n) is 5.81. The third kappa shape index (κ3) is 1.68. The zero-order chi connectivity index (χ0) is 12.2. The summed E-state index contributed by atoms with van der Waals surface area (Å²) in [5.41, 5.74) is 0.122. The maximum Gasteiger partial charge on any atom is 0.142 e. The minimum absolute atomic E-state index is 0.122. The quantitative estimate of drug-likeness (QED) is 0.750. The Morgan fingerprint density at radius 2 is 1.39 bits per heavy atom. The van der Waals surface area contributed by atoms with Crippen molar-refractivity contribution in [2.24, 2.45) is 29.1 Å². The van der Waals surface area contributed by atoms with Crippen LogP contribution < -0.4 is 0 Å². The summed E-state index contributed by atoms with van der Waals surface area (Å²) < 4.78 is 5.42. The standard InChI is InChI=1S/C16H24O2/c17-15(14-1-3-18-4-2-14)16-8-11-5-12(9-16)7-13(6-11)10-16/h11-14H,1-10H2. The summed E-state index contributed by atoms with van der Waals surface area (Å²) in [5, 5.41) is 0. The molecule has 2 nitrogen and oxygen atoms in total. The fourth-order valence-corrected chi connectivity index (χ4v) is 5.81. The lowest BCUT2D eigenvalue weighted by Crippen LogP contribution is -2.52. The van der Waals surface area contributed by atoms with Crippen LogP contribution in [0.4, 0.5) is 0 Å². The monoisotopic (exact) mass is 248 g/mol. The Balaban J connectivity index is 1.57. The highest BCUT2D eigenvalue weighted by molar-refractivity contribution is 5.87. The Morgan fingerprint density at radius 3 is 1.89 bits per heavy atom. The molecule has 0 unspecified atom stereocenters. The van der Waals surface area contributed by atoms with Gasteiger partial charge in [0.15, 0.2) is 0 Å². The lowest BCUT2D eigenvalue weighted by atomic mass is 9.47. The summed E-state index contributed by atoms with van der Waals surface area (Å²) in [6.07, 6.45) is 9.96. The molecule has 0 N–H and O–H groups in total. The number of Topliss-reactive ketones (excluding diaryl/α,β-unsaturated/α-hetero) is 1. The number of hydrogen-bond acceptors (Lipinski definition) is 2. The van der Waals surface area contributed by atoms with Crippen molar-refractivity contribution in [3.63, 3.8) is 0 Å². The van der Waals surface area contributed by atoms with Crippen molar-refractivity contribution in [3.8, 4) is 0 Å². The van der Waals surface area contributed by atoms with Crippen LogP contribution in [0.1, 0.15) is 51.4 Å². The largest absolute Gasteiger partial charge is 0.381 e. The van der Waals surface area contributed by atoms with Crippen LogP contribution in [0.3, 0.4) is 0 Å². The Labute approximate surface area is 109 Å². The van der Waals surface area contributed by atoms with Crippen molar-refractivity contribution in [2.75, 3.05) is 13.2 Å². The van der Waals surface area contributed by atoms with Crippen molar-refractivity contribution in [1.29, 1.82) is 0 Å². The van der Waals surface area contributed by atoms with Gasteiger partial charge < -0.3 is 4.74 Å². The molecule has 4 saturated carbocycles. The van der Waals surface area contributed by atoms with E-state index in [2.05, 4.69) is 0 Å². The van der Waals surface area contributed by atoms with Gasteiger partial charge in [-0.15, -0.1) is 0 Å². The summed E-state index contributed by atoms with van der Waals surface area (Å²) in [7, 11) is 0. The molecule has 5 fully saturated rings. The summed E-state index contributed by atoms with van der Waals surface area (Å²) >= 11 is 0. The summed E-state index contributed by atoms with van der Waals surface area (Å²) in [6.45, 7) is 1.62. The Kier molecular flexibility index (Phi) is 2.58. The second kappa shape index (κ2) is 4.06. The molecule has 4 aliphatic carbocycles. The van der Waals surface area contributed by atoms with E-state index in [4.69, 9.17) is 4.74 Å². The number of carbonyl (C=O) groups is 1. The highest BCUT2D eigenvalue weighted by Gasteiger charge is 2.55. The minimum Gasteiger partial charge on any atom is -0.381 e. The maximum atomic E-state index is 13.0. The van der Waals surface area contributed by atoms with Gasteiger partial charge >= 0.3 is 0 Å². The fraction of sp³-hybridized carbons (Fsp3) is 0.938. The normalized spacial score (nSPS) is 47.4. The molecule has 0 spiro atoms. The van der Waals surface area contributed by atoms with Crippen molar-refractivity contribution >= 4 is 5.78 Å². The predicted molar refractivity (Wildman–Crippen MR) is 69.2 cm³/mol. The first-order valence-electron chi connectivity index (χ1n) is 7.87. The molecule has 1 heterocycles. The number of hydrogen-bond donors (Lipinski definition) is 0. The lowest BCUT2D eigenvalue weighted by Gasteiger charge is -2.56. The van der Waals surface area contributed by atoms with E-state index in [0.29, 0.717) is 11.7 Å². The highest BCUT2D eigenvalue weighted by atomic mass is 16.5. The molecule has 0 aromatic carbocycles. The van der Waals surface area contributed by atoms with Gasteiger partial charge in [-0.3, -0.25) is 4.79 Å². The van der Waals surface area contributed by atoms with E-state index in [1.807, 2.05) is 0 Å². The molecule has 1 saturated heterocycles. The van der Waals surface area contributed by atoms with Gasteiger partial charge in [-0.2, -0.15) is 0 Å². The van der Waals surface area contributed by atoms with E-state index >= 15 is 0 Å². The first-order valence-corrected chi connectivity index (χ1v) is 7.87. The maximum absolute atomic E-state index is 13.0. The van der Waals surface area contributed by atoms with Crippen molar-refractivity contribution in [1.82, 2.24) is 0 Å². The Hall–Kier alpha value is -0.370. The first kappa shape index (κ1) is 11.5. The molecule has 2 heteroatoms. The summed E-state index contributed by atoms with van der Waals surface area (Å²) in [5.74, 6) is 3.64. The van der Waals surface area contributed by atoms with Gasteiger partial charge in [0.25, 0.3) is 0 Å². The molecule has 5 rings (SSSR count). The number of ketones is 1. The average Bonchev–Trinajstić information content (AvgIpc) is 2.37. The van der Waals surface area contributed by atoms with Gasteiger partial charge in [-0.1, -0.05) is 0 Å². The van der Waals surface area contributed by atoms with Crippen LogP contribution >= 0.6 is 0 Å². The molecular formula is C16H24O2. The van der Waals surface area contributed by atoms with Crippen molar-refractivity contribution < 1.29 is 9.53 Å². The number of ether oxygens (including phenoxy) is 1. The van der Waals surface area contributed by atoms with E-state index in [1.54, 1.807) is 0 Å².